The molecule has 0 bridgehead atoms. The van der Waals surface area contributed by atoms with E-state index >= 15 is 0 Å². The smallest absolute Gasteiger partial charge is 0.234 e. The molecule has 9 heteroatoms. The fourth-order valence-corrected chi connectivity index (χ4v) is 3.63. The zero-order valence-electron chi connectivity index (χ0n) is 17.8. The summed E-state index contributed by atoms with van der Waals surface area (Å²) in [6, 6.07) is 14.9. The van der Waals surface area contributed by atoms with E-state index in [1.807, 2.05) is 60.0 Å². The number of thioether (sulfide) groups is 1. The molecule has 0 spiro atoms. The highest BCUT2D eigenvalue weighted by atomic mass is 32.2. The van der Waals surface area contributed by atoms with Crippen molar-refractivity contribution >= 4 is 23.4 Å². The molecule has 1 N–H and O–H groups in total. The van der Waals surface area contributed by atoms with Crippen LogP contribution in [0.25, 0.3) is 11.4 Å². The third kappa shape index (κ3) is 6.22. The number of benzene rings is 2. The zero-order chi connectivity index (χ0) is 22.1. The van der Waals surface area contributed by atoms with Crippen LogP contribution in [-0.2, 0) is 16.1 Å². The molecule has 31 heavy (non-hydrogen) atoms. The molecular formula is C22H26N4O4S. The van der Waals surface area contributed by atoms with Crippen LogP contribution in [0, 0.1) is 0 Å². The van der Waals surface area contributed by atoms with Crippen LogP contribution in [0.5, 0.6) is 11.5 Å². The quantitative estimate of drug-likeness (QED) is 0.453. The number of carbonyl (C=O) groups is 1. The minimum Gasteiger partial charge on any atom is -0.497 e. The van der Waals surface area contributed by atoms with Crippen molar-refractivity contribution < 1.29 is 19.0 Å². The van der Waals surface area contributed by atoms with Gasteiger partial charge in [0.05, 0.1) is 32.6 Å². The van der Waals surface area contributed by atoms with Gasteiger partial charge in [-0.15, -0.1) is 10.2 Å². The number of nitrogens with one attached hydrogen (secondary N) is 1. The second-order valence-corrected chi connectivity index (χ2v) is 7.42. The summed E-state index contributed by atoms with van der Waals surface area (Å²) >= 11 is 1.33. The first kappa shape index (κ1) is 22.6. The SMILES string of the molecule is CCOc1ccc(NC(=O)CSc2nnc(-c3ccc(OC)cc3)n2CCOC)cc1. The van der Waals surface area contributed by atoms with E-state index < -0.39 is 0 Å². The normalized spacial score (nSPS) is 10.7. The molecule has 0 aliphatic carbocycles. The van der Waals surface area contributed by atoms with Gasteiger partial charge >= 0.3 is 0 Å². The van der Waals surface area contributed by atoms with E-state index in [1.54, 1.807) is 14.2 Å². The molecule has 0 unspecified atom stereocenters. The molecule has 1 heterocycles. The number of ether oxygens (including phenoxy) is 3. The third-order valence-electron chi connectivity index (χ3n) is 4.37. The number of nitrogens with zero attached hydrogens (tertiary/aromatic N) is 3. The lowest BCUT2D eigenvalue weighted by atomic mass is 10.2. The van der Waals surface area contributed by atoms with Crippen molar-refractivity contribution in [3.8, 4) is 22.9 Å². The van der Waals surface area contributed by atoms with Gasteiger partial charge in [-0.25, -0.2) is 0 Å². The summed E-state index contributed by atoms with van der Waals surface area (Å²) in [7, 11) is 3.28. The van der Waals surface area contributed by atoms with Gasteiger partial charge in [0, 0.05) is 18.4 Å². The summed E-state index contributed by atoms with van der Waals surface area (Å²) in [6.45, 7) is 3.61. The summed E-state index contributed by atoms with van der Waals surface area (Å²) in [5.74, 6) is 2.34. The van der Waals surface area contributed by atoms with E-state index in [-0.39, 0.29) is 11.7 Å². The van der Waals surface area contributed by atoms with E-state index in [9.17, 15) is 4.79 Å². The predicted octanol–water partition coefficient (Wildman–Crippen LogP) is 3.73. The Morgan fingerprint density at radius 2 is 1.74 bits per heavy atom. The van der Waals surface area contributed by atoms with Crippen LogP contribution in [0.4, 0.5) is 5.69 Å². The molecule has 0 aliphatic heterocycles. The summed E-state index contributed by atoms with van der Waals surface area (Å²) in [5, 5.41) is 12.2. The summed E-state index contributed by atoms with van der Waals surface area (Å²) in [5.41, 5.74) is 1.63. The summed E-state index contributed by atoms with van der Waals surface area (Å²) in [6.07, 6.45) is 0. The Bertz CT molecular complexity index is 974. The second kappa shape index (κ2) is 11.4. The topological polar surface area (TPSA) is 87.5 Å². The van der Waals surface area contributed by atoms with Gasteiger partial charge in [-0.2, -0.15) is 0 Å². The highest BCUT2D eigenvalue weighted by Crippen LogP contribution is 2.26. The number of carbonyl (C=O) groups excluding carboxylic acids is 1. The molecule has 164 valence electrons. The molecule has 1 aromatic heterocycles. The van der Waals surface area contributed by atoms with E-state index in [0.717, 1.165) is 17.1 Å². The number of amides is 1. The van der Waals surface area contributed by atoms with E-state index in [0.29, 0.717) is 36.4 Å². The zero-order valence-corrected chi connectivity index (χ0v) is 18.6. The fourth-order valence-electron chi connectivity index (χ4n) is 2.86. The number of rotatable bonds is 11. The maximum Gasteiger partial charge on any atom is 0.234 e. The fraction of sp³-hybridized carbons (Fsp3) is 0.318. The maximum absolute atomic E-state index is 12.4. The second-order valence-electron chi connectivity index (χ2n) is 6.47. The lowest BCUT2D eigenvalue weighted by Crippen LogP contribution is -2.15. The van der Waals surface area contributed by atoms with Crippen molar-refractivity contribution in [1.29, 1.82) is 0 Å². The number of hydrogen-bond acceptors (Lipinski definition) is 7. The van der Waals surface area contributed by atoms with Gasteiger partial charge in [0.1, 0.15) is 11.5 Å². The van der Waals surface area contributed by atoms with Gasteiger partial charge in [-0.3, -0.25) is 9.36 Å². The molecule has 0 saturated heterocycles. The molecule has 8 nitrogen and oxygen atoms in total. The van der Waals surface area contributed by atoms with Gasteiger partial charge in [-0.05, 0) is 55.5 Å². The Labute approximate surface area is 185 Å². The number of aromatic nitrogens is 3. The summed E-state index contributed by atoms with van der Waals surface area (Å²) < 4.78 is 17.8. The first-order valence-electron chi connectivity index (χ1n) is 9.86. The molecule has 2 aromatic carbocycles. The van der Waals surface area contributed by atoms with Crippen molar-refractivity contribution in [2.24, 2.45) is 0 Å². The third-order valence-corrected chi connectivity index (χ3v) is 5.33. The van der Waals surface area contributed by atoms with Crippen LogP contribution in [0.1, 0.15) is 6.92 Å². The van der Waals surface area contributed by atoms with Crippen molar-refractivity contribution in [1.82, 2.24) is 14.8 Å². The maximum atomic E-state index is 12.4. The molecule has 1 amide bonds. The van der Waals surface area contributed by atoms with Gasteiger partial charge in [0.25, 0.3) is 0 Å². The van der Waals surface area contributed by atoms with Gasteiger partial charge in [0.2, 0.25) is 5.91 Å². The van der Waals surface area contributed by atoms with Gasteiger partial charge < -0.3 is 19.5 Å². The molecule has 0 fully saturated rings. The van der Waals surface area contributed by atoms with Crippen molar-refractivity contribution in [3.05, 3.63) is 48.5 Å². The van der Waals surface area contributed by atoms with Crippen LogP contribution in [0.2, 0.25) is 0 Å². The number of methoxy groups -OCH3 is 2. The molecule has 0 atom stereocenters. The van der Waals surface area contributed by atoms with Gasteiger partial charge in [-0.1, -0.05) is 11.8 Å². The van der Waals surface area contributed by atoms with Crippen LogP contribution in [-0.4, -0.2) is 53.9 Å². The Hall–Kier alpha value is -3.04. The van der Waals surface area contributed by atoms with Crippen molar-refractivity contribution in [3.63, 3.8) is 0 Å². The average Bonchev–Trinajstić information content (AvgIpc) is 3.20. The molecule has 0 saturated carbocycles. The summed E-state index contributed by atoms with van der Waals surface area (Å²) in [4.78, 5) is 12.4. The first-order chi connectivity index (χ1) is 15.1. The lowest BCUT2D eigenvalue weighted by molar-refractivity contribution is -0.113. The molecule has 3 aromatic rings. The average molecular weight is 443 g/mol. The van der Waals surface area contributed by atoms with Crippen LogP contribution >= 0.6 is 11.8 Å². The standard InChI is InChI=1S/C22H26N4O4S/c1-4-30-19-11-7-17(8-12-19)23-20(27)15-31-22-25-24-21(26(22)13-14-28-2)16-5-9-18(29-3)10-6-16/h5-12H,4,13-15H2,1-3H3,(H,23,27). The van der Waals surface area contributed by atoms with Crippen molar-refractivity contribution in [2.75, 3.05) is 38.5 Å². The van der Waals surface area contributed by atoms with E-state index in [4.69, 9.17) is 14.2 Å². The minimum absolute atomic E-state index is 0.124. The molecule has 0 radical (unpaired) electrons. The Balaban J connectivity index is 1.67. The van der Waals surface area contributed by atoms with Crippen LogP contribution in [0.15, 0.2) is 53.7 Å². The van der Waals surface area contributed by atoms with E-state index in [1.165, 1.54) is 11.8 Å². The predicted molar refractivity (Wildman–Crippen MR) is 121 cm³/mol. The number of hydrogen-bond donors (Lipinski definition) is 1. The lowest BCUT2D eigenvalue weighted by Gasteiger charge is -2.10. The minimum atomic E-state index is -0.124. The Morgan fingerprint density at radius 3 is 2.39 bits per heavy atom. The Morgan fingerprint density at radius 1 is 1.03 bits per heavy atom. The highest BCUT2D eigenvalue weighted by molar-refractivity contribution is 7.99. The van der Waals surface area contributed by atoms with E-state index in [2.05, 4.69) is 15.5 Å². The van der Waals surface area contributed by atoms with Gasteiger partial charge in [0.15, 0.2) is 11.0 Å². The monoisotopic (exact) mass is 442 g/mol. The Kier molecular flexibility index (Phi) is 8.31. The van der Waals surface area contributed by atoms with Crippen LogP contribution in [0.3, 0.4) is 0 Å². The van der Waals surface area contributed by atoms with Crippen LogP contribution < -0.4 is 14.8 Å². The first-order valence-corrected chi connectivity index (χ1v) is 10.8. The molecule has 3 rings (SSSR count). The highest BCUT2D eigenvalue weighted by Gasteiger charge is 2.16. The number of anilines is 1. The molecule has 0 aliphatic rings. The van der Waals surface area contributed by atoms with Crippen molar-refractivity contribution in [2.45, 2.75) is 18.6 Å². The largest absolute Gasteiger partial charge is 0.497 e. The molecular weight excluding hydrogens is 416 g/mol.